The molecule has 0 heterocycles. The minimum atomic E-state index is -0.518. The second-order valence-electron chi connectivity index (χ2n) is 3.06. The van der Waals surface area contributed by atoms with Gasteiger partial charge in [0.2, 0.25) is 0 Å². The Morgan fingerprint density at radius 2 is 1.70 bits per heavy atom. The number of nitrogens with one attached hydrogen (secondary N) is 1. The molecule has 0 aliphatic rings. The molecule has 3 nitrogen and oxygen atoms in total. The standard InChI is InChI=1S/C5H19N3Si2/c1-7(2)6-9-8(3)10(4)5/h6,10H,9H2,1-5H3. The second kappa shape index (κ2) is 5.03. The Kier molecular flexibility index (Phi) is 5.19. The molecule has 1 N–H and O–H groups in total. The van der Waals surface area contributed by atoms with E-state index in [1.165, 1.54) is 0 Å². The van der Waals surface area contributed by atoms with Crippen molar-refractivity contribution in [1.82, 2.24) is 14.3 Å². The van der Waals surface area contributed by atoms with Crippen molar-refractivity contribution < 1.29 is 0 Å². The molecule has 0 amide bonds. The zero-order valence-corrected chi connectivity index (χ0v) is 10.2. The van der Waals surface area contributed by atoms with Crippen molar-refractivity contribution in [2.75, 3.05) is 21.1 Å². The maximum atomic E-state index is 3.36. The molecule has 0 aliphatic heterocycles. The molecule has 62 valence electrons. The smallest absolute Gasteiger partial charge is 0.178 e. The molecule has 0 radical (unpaired) electrons. The van der Waals surface area contributed by atoms with Gasteiger partial charge in [-0.15, -0.1) is 0 Å². The Balaban J connectivity index is 3.30. The topological polar surface area (TPSA) is 18.5 Å². The molecule has 0 spiro atoms. The minimum absolute atomic E-state index is 0.188. The van der Waals surface area contributed by atoms with Gasteiger partial charge in [-0.1, -0.05) is 13.1 Å². The summed E-state index contributed by atoms with van der Waals surface area (Å²) < 4.78 is 2.51. The van der Waals surface area contributed by atoms with E-state index in [0.717, 1.165) is 0 Å². The van der Waals surface area contributed by atoms with Gasteiger partial charge in [-0.25, -0.2) is 0 Å². The van der Waals surface area contributed by atoms with Crippen LogP contribution in [0.25, 0.3) is 0 Å². The van der Waals surface area contributed by atoms with Gasteiger partial charge >= 0.3 is 0 Å². The lowest BCUT2D eigenvalue weighted by Gasteiger charge is -2.22. The molecule has 0 atom stereocenters. The Morgan fingerprint density at radius 1 is 1.20 bits per heavy atom. The van der Waals surface area contributed by atoms with Crippen LogP contribution in [0, 0.1) is 0 Å². The SMILES string of the molecule is CN(C)N[SiH2]N(C)[SiH](C)C. The molecule has 0 fully saturated rings. The third kappa shape index (κ3) is 5.13. The van der Waals surface area contributed by atoms with Crippen LogP contribution in [-0.2, 0) is 0 Å². The highest BCUT2D eigenvalue weighted by molar-refractivity contribution is 6.61. The highest BCUT2D eigenvalue weighted by Gasteiger charge is 2.03. The largest absolute Gasteiger partial charge is 0.343 e. The number of nitrogens with zero attached hydrogens (tertiary/aromatic N) is 2. The van der Waals surface area contributed by atoms with Gasteiger partial charge in [-0.2, -0.15) is 0 Å². The van der Waals surface area contributed by atoms with E-state index in [-0.39, 0.29) is 9.84 Å². The number of hydrogen-bond acceptors (Lipinski definition) is 3. The van der Waals surface area contributed by atoms with Gasteiger partial charge < -0.3 is 4.23 Å². The molecule has 0 aliphatic carbocycles. The van der Waals surface area contributed by atoms with Crippen molar-refractivity contribution in [1.29, 1.82) is 0 Å². The fourth-order valence-corrected chi connectivity index (χ4v) is 2.65. The highest BCUT2D eigenvalue weighted by atomic mass is 28.3. The average molecular weight is 177 g/mol. The van der Waals surface area contributed by atoms with E-state index >= 15 is 0 Å². The molecule has 0 bridgehead atoms. The summed E-state index contributed by atoms with van der Waals surface area (Å²) in [5.74, 6) is 0. The van der Waals surface area contributed by atoms with Crippen LogP contribution in [0.1, 0.15) is 0 Å². The van der Waals surface area contributed by atoms with E-state index in [2.05, 4.69) is 29.5 Å². The molecule has 0 saturated heterocycles. The maximum absolute atomic E-state index is 3.36. The summed E-state index contributed by atoms with van der Waals surface area (Å²) in [5.41, 5.74) is 0. The lowest BCUT2D eigenvalue weighted by atomic mass is 11.2. The summed E-state index contributed by atoms with van der Waals surface area (Å²) in [7, 11) is 5.60. The predicted molar refractivity (Wildman–Crippen MR) is 52.0 cm³/mol. The summed E-state index contributed by atoms with van der Waals surface area (Å²) in [6.45, 7) is 4.70. The lowest BCUT2D eigenvalue weighted by Crippen LogP contribution is -2.46. The van der Waals surface area contributed by atoms with Crippen LogP contribution < -0.4 is 5.09 Å². The fourth-order valence-electron chi connectivity index (χ4n) is 0.436. The van der Waals surface area contributed by atoms with Gasteiger partial charge in [0, 0.05) is 14.1 Å². The van der Waals surface area contributed by atoms with E-state index in [9.17, 15) is 0 Å². The van der Waals surface area contributed by atoms with Crippen LogP contribution in [0.3, 0.4) is 0 Å². The van der Waals surface area contributed by atoms with Gasteiger partial charge in [-0.3, -0.25) is 10.1 Å². The first-order valence-electron chi connectivity index (χ1n) is 3.65. The van der Waals surface area contributed by atoms with Crippen LogP contribution in [0.2, 0.25) is 13.1 Å². The summed E-state index contributed by atoms with van der Waals surface area (Å²) in [4.78, 5) is 0. The van der Waals surface area contributed by atoms with Crippen molar-refractivity contribution in [3.8, 4) is 0 Å². The molecule has 0 aromatic heterocycles. The Morgan fingerprint density at radius 3 is 2.00 bits per heavy atom. The summed E-state index contributed by atoms with van der Waals surface area (Å²) in [5, 5.41) is 5.40. The predicted octanol–water partition coefficient (Wildman–Crippen LogP) is -1.03. The number of hydrazine groups is 1. The summed E-state index contributed by atoms with van der Waals surface area (Å²) >= 11 is 0. The van der Waals surface area contributed by atoms with Gasteiger partial charge in [0.1, 0.15) is 0 Å². The van der Waals surface area contributed by atoms with Gasteiger partial charge in [0.25, 0.3) is 0 Å². The van der Waals surface area contributed by atoms with Crippen molar-refractivity contribution in [3.63, 3.8) is 0 Å². The molecule has 10 heavy (non-hydrogen) atoms. The quantitative estimate of drug-likeness (QED) is 0.437. The average Bonchev–Trinajstić information content (AvgIpc) is 1.82. The monoisotopic (exact) mass is 177 g/mol. The third-order valence-corrected chi connectivity index (χ3v) is 7.29. The van der Waals surface area contributed by atoms with E-state index in [1.54, 1.807) is 0 Å². The van der Waals surface area contributed by atoms with Crippen molar-refractivity contribution >= 4 is 18.8 Å². The molecule has 5 heteroatoms. The Labute approximate surface area is 68.0 Å². The van der Waals surface area contributed by atoms with Crippen LogP contribution in [0.15, 0.2) is 0 Å². The van der Waals surface area contributed by atoms with E-state index in [0.29, 0.717) is 0 Å². The van der Waals surface area contributed by atoms with E-state index in [4.69, 9.17) is 0 Å². The highest BCUT2D eigenvalue weighted by Crippen LogP contribution is 1.83. The molecule has 0 saturated carbocycles. The Hall–Kier alpha value is 0.314. The van der Waals surface area contributed by atoms with Crippen LogP contribution in [-0.4, -0.2) is 49.2 Å². The van der Waals surface area contributed by atoms with Crippen molar-refractivity contribution in [2.24, 2.45) is 0 Å². The molecule has 0 unspecified atom stereocenters. The molecular weight excluding hydrogens is 158 g/mol. The molecule has 0 rings (SSSR count). The first-order chi connectivity index (χ1) is 4.54. The molecule has 0 aromatic carbocycles. The Bertz CT molecular complexity index is 87.0. The van der Waals surface area contributed by atoms with Gasteiger partial charge in [0.15, 0.2) is 9.84 Å². The minimum Gasteiger partial charge on any atom is -0.343 e. The molecule has 0 aromatic rings. The number of rotatable bonds is 4. The fraction of sp³-hybridized carbons (Fsp3) is 1.00. The van der Waals surface area contributed by atoms with Crippen LogP contribution >= 0.6 is 0 Å². The van der Waals surface area contributed by atoms with Gasteiger partial charge in [0.05, 0.1) is 8.96 Å². The summed E-state index contributed by atoms with van der Waals surface area (Å²) in [6, 6.07) is 0. The van der Waals surface area contributed by atoms with Crippen molar-refractivity contribution in [3.05, 3.63) is 0 Å². The zero-order chi connectivity index (χ0) is 8.15. The van der Waals surface area contributed by atoms with Crippen molar-refractivity contribution in [2.45, 2.75) is 13.1 Å². The van der Waals surface area contributed by atoms with Crippen LogP contribution in [0.4, 0.5) is 0 Å². The van der Waals surface area contributed by atoms with Gasteiger partial charge in [-0.05, 0) is 7.05 Å². The lowest BCUT2D eigenvalue weighted by molar-refractivity contribution is 0.365. The summed E-state index contributed by atoms with van der Waals surface area (Å²) in [6.07, 6.45) is 0. The second-order valence-corrected chi connectivity index (χ2v) is 8.49. The van der Waals surface area contributed by atoms with E-state index in [1.807, 2.05) is 19.1 Å². The maximum Gasteiger partial charge on any atom is 0.178 e. The van der Waals surface area contributed by atoms with E-state index < -0.39 is 8.96 Å². The zero-order valence-electron chi connectivity index (χ0n) is 7.68. The van der Waals surface area contributed by atoms with Crippen LogP contribution in [0.5, 0.6) is 0 Å². The molecular formula is C5H19N3Si2. The first-order valence-corrected chi connectivity index (χ1v) is 7.81. The number of hydrogen-bond donors (Lipinski definition) is 1. The first kappa shape index (κ1) is 10.3. The third-order valence-electron chi connectivity index (χ3n) is 1.52. The normalized spacial score (nSPS) is 13.2.